The molecule has 2 N–H and O–H groups in total. The Labute approximate surface area is 193 Å². The monoisotopic (exact) mass is 457 g/mol. The first kappa shape index (κ1) is 23.4. The topological polar surface area (TPSA) is 61.4 Å². The summed E-state index contributed by atoms with van der Waals surface area (Å²) in [5, 5.41) is 6.48. The summed E-state index contributed by atoms with van der Waals surface area (Å²) >= 11 is 7.42. The lowest BCUT2D eigenvalue weighted by atomic mass is 10.1. The fourth-order valence-electron chi connectivity index (χ4n) is 3.24. The molecule has 2 aromatic carbocycles. The quantitative estimate of drug-likeness (QED) is 0.397. The molecule has 0 spiro atoms. The highest BCUT2D eigenvalue weighted by atomic mass is 35.5. The molecule has 2 amide bonds. The number of fused-ring (bicyclic) bond motifs is 1. The fourth-order valence-corrected chi connectivity index (χ4v) is 4.37. The van der Waals surface area contributed by atoms with Crippen molar-refractivity contribution in [1.82, 2.24) is 10.2 Å². The van der Waals surface area contributed by atoms with Crippen LogP contribution in [-0.4, -0.2) is 43.4 Å². The zero-order valence-corrected chi connectivity index (χ0v) is 19.5. The molecule has 0 saturated heterocycles. The average Bonchev–Trinajstić information content (AvgIpc) is 2.75. The molecule has 3 rings (SSSR count). The highest BCUT2D eigenvalue weighted by Crippen LogP contribution is 2.39. The van der Waals surface area contributed by atoms with E-state index in [1.165, 1.54) is 24.6 Å². The van der Waals surface area contributed by atoms with E-state index in [1.807, 2.05) is 30.3 Å². The molecule has 0 atom stereocenters. The van der Waals surface area contributed by atoms with Crippen molar-refractivity contribution in [2.45, 2.75) is 31.1 Å². The van der Waals surface area contributed by atoms with Gasteiger partial charge in [0.25, 0.3) is 11.8 Å². The number of nitrogens with zero attached hydrogens (tertiary/aromatic N) is 1. The third-order valence-electron chi connectivity index (χ3n) is 4.98. The van der Waals surface area contributed by atoms with Crippen LogP contribution in [0.3, 0.4) is 0 Å². The molecule has 0 unspecified atom stereocenters. The van der Waals surface area contributed by atoms with Gasteiger partial charge in [0.05, 0.1) is 10.6 Å². The Morgan fingerprint density at radius 1 is 1.19 bits per heavy atom. The Hall–Kier alpha value is -2.28. The van der Waals surface area contributed by atoms with Crippen molar-refractivity contribution in [2.75, 3.05) is 32.0 Å². The van der Waals surface area contributed by atoms with E-state index in [9.17, 15) is 9.59 Å². The van der Waals surface area contributed by atoms with Crippen LogP contribution in [0, 0.1) is 0 Å². The van der Waals surface area contributed by atoms with E-state index in [-0.39, 0.29) is 11.8 Å². The number of unbranched alkanes of at least 4 members (excludes halogenated alkanes) is 1. The second-order valence-electron chi connectivity index (χ2n) is 7.60. The van der Waals surface area contributed by atoms with Crippen molar-refractivity contribution in [3.05, 3.63) is 63.5 Å². The SMILES string of the molecule is CCCCN(C)CCCNC(=O)c1ccc2c(c1)NC(=O)/C(=C\c1cccc(Cl)c1)S2. The van der Waals surface area contributed by atoms with Gasteiger partial charge in [-0.1, -0.05) is 48.8 Å². The van der Waals surface area contributed by atoms with E-state index in [4.69, 9.17) is 11.6 Å². The number of hydrogen-bond donors (Lipinski definition) is 2. The summed E-state index contributed by atoms with van der Waals surface area (Å²) in [5.41, 5.74) is 2.07. The van der Waals surface area contributed by atoms with Crippen LogP contribution in [0.1, 0.15) is 42.1 Å². The van der Waals surface area contributed by atoms with Crippen molar-refractivity contribution in [3.63, 3.8) is 0 Å². The number of rotatable bonds is 9. The first-order valence-corrected chi connectivity index (χ1v) is 11.7. The highest BCUT2D eigenvalue weighted by molar-refractivity contribution is 8.04. The highest BCUT2D eigenvalue weighted by Gasteiger charge is 2.22. The second-order valence-corrected chi connectivity index (χ2v) is 9.12. The summed E-state index contributed by atoms with van der Waals surface area (Å²) in [4.78, 5) is 28.8. The maximum absolute atomic E-state index is 12.5. The lowest BCUT2D eigenvalue weighted by Gasteiger charge is -2.19. The minimum absolute atomic E-state index is 0.126. The third-order valence-corrected chi connectivity index (χ3v) is 6.31. The zero-order valence-electron chi connectivity index (χ0n) is 17.9. The van der Waals surface area contributed by atoms with E-state index < -0.39 is 0 Å². The molecule has 1 heterocycles. The summed E-state index contributed by atoms with van der Waals surface area (Å²) in [6, 6.07) is 12.8. The molecule has 0 aromatic heterocycles. The smallest absolute Gasteiger partial charge is 0.262 e. The number of hydrogen-bond acceptors (Lipinski definition) is 4. The number of halogens is 1. The van der Waals surface area contributed by atoms with E-state index in [0.717, 1.165) is 30.0 Å². The second kappa shape index (κ2) is 11.4. The fraction of sp³-hybridized carbons (Fsp3) is 0.333. The number of nitrogens with one attached hydrogen (secondary N) is 2. The predicted molar refractivity (Wildman–Crippen MR) is 130 cm³/mol. The van der Waals surface area contributed by atoms with E-state index in [2.05, 4.69) is 29.5 Å². The Morgan fingerprint density at radius 2 is 2.00 bits per heavy atom. The number of amides is 2. The first-order chi connectivity index (χ1) is 15.0. The molecule has 1 aliphatic heterocycles. The van der Waals surface area contributed by atoms with Gasteiger partial charge in [-0.25, -0.2) is 0 Å². The Kier molecular flexibility index (Phi) is 8.58. The van der Waals surface area contributed by atoms with Gasteiger partial charge in [0.2, 0.25) is 0 Å². The van der Waals surface area contributed by atoms with Crippen LogP contribution < -0.4 is 10.6 Å². The molecule has 31 heavy (non-hydrogen) atoms. The molecule has 0 radical (unpaired) electrons. The Balaban J connectivity index is 1.58. The standard InChI is InChI=1S/C24H28ClN3O2S/c1-3-4-12-28(2)13-6-11-26-23(29)18-9-10-21-20(16-18)27-24(30)22(31-21)15-17-7-5-8-19(25)14-17/h5,7-10,14-16H,3-4,6,11-13H2,1-2H3,(H,26,29)(H,27,30)/b22-15+. The maximum Gasteiger partial charge on any atom is 0.262 e. The largest absolute Gasteiger partial charge is 0.352 e. The van der Waals surface area contributed by atoms with Gasteiger partial charge in [-0.2, -0.15) is 0 Å². The van der Waals surface area contributed by atoms with Crippen molar-refractivity contribution < 1.29 is 9.59 Å². The van der Waals surface area contributed by atoms with E-state index in [0.29, 0.717) is 27.7 Å². The molecule has 2 aromatic rings. The predicted octanol–water partition coefficient (Wildman–Crippen LogP) is 5.28. The lowest BCUT2D eigenvalue weighted by Crippen LogP contribution is -2.29. The van der Waals surface area contributed by atoms with Crippen LogP contribution in [0.15, 0.2) is 52.3 Å². The van der Waals surface area contributed by atoms with Gasteiger partial charge in [-0.3, -0.25) is 9.59 Å². The molecular weight excluding hydrogens is 430 g/mol. The van der Waals surface area contributed by atoms with Gasteiger partial charge >= 0.3 is 0 Å². The minimum Gasteiger partial charge on any atom is -0.352 e. The minimum atomic E-state index is -0.190. The maximum atomic E-state index is 12.5. The summed E-state index contributed by atoms with van der Waals surface area (Å²) in [6.45, 7) is 4.85. The summed E-state index contributed by atoms with van der Waals surface area (Å²) in [5.74, 6) is -0.316. The number of benzene rings is 2. The van der Waals surface area contributed by atoms with E-state index >= 15 is 0 Å². The molecule has 0 saturated carbocycles. The van der Waals surface area contributed by atoms with Gasteiger partial charge in [0.15, 0.2) is 0 Å². The third kappa shape index (κ3) is 6.86. The molecule has 5 nitrogen and oxygen atoms in total. The first-order valence-electron chi connectivity index (χ1n) is 10.5. The lowest BCUT2D eigenvalue weighted by molar-refractivity contribution is -0.112. The van der Waals surface area contributed by atoms with Crippen LogP contribution in [0.5, 0.6) is 0 Å². The van der Waals surface area contributed by atoms with Gasteiger partial charge < -0.3 is 15.5 Å². The van der Waals surface area contributed by atoms with Gasteiger partial charge in [0, 0.05) is 22.0 Å². The molecule has 1 aliphatic rings. The van der Waals surface area contributed by atoms with Gasteiger partial charge in [-0.05, 0) is 75.0 Å². The van der Waals surface area contributed by atoms with Crippen LogP contribution in [-0.2, 0) is 4.79 Å². The van der Waals surface area contributed by atoms with Crippen LogP contribution >= 0.6 is 23.4 Å². The summed E-state index contributed by atoms with van der Waals surface area (Å²) in [6.07, 6.45) is 5.10. The molecule has 164 valence electrons. The Bertz CT molecular complexity index is 977. The van der Waals surface area contributed by atoms with Crippen LogP contribution in [0.25, 0.3) is 6.08 Å². The van der Waals surface area contributed by atoms with Crippen LogP contribution in [0.4, 0.5) is 5.69 Å². The number of carbonyl (C=O) groups is 2. The van der Waals surface area contributed by atoms with Crippen LogP contribution in [0.2, 0.25) is 5.02 Å². The number of anilines is 1. The molecular formula is C24H28ClN3O2S. The van der Waals surface area contributed by atoms with Crippen molar-refractivity contribution in [1.29, 1.82) is 0 Å². The van der Waals surface area contributed by atoms with Gasteiger partial charge in [-0.15, -0.1) is 0 Å². The molecule has 0 fully saturated rings. The normalized spacial score (nSPS) is 14.5. The summed E-state index contributed by atoms with van der Waals surface area (Å²) < 4.78 is 0. The van der Waals surface area contributed by atoms with Crippen molar-refractivity contribution in [3.8, 4) is 0 Å². The van der Waals surface area contributed by atoms with Crippen molar-refractivity contribution in [2.24, 2.45) is 0 Å². The molecule has 0 bridgehead atoms. The molecule has 0 aliphatic carbocycles. The zero-order chi connectivity index (χ0) is 22.2. The number of carbonyl (C=O) groups excluding carboxylic acids is 2. The van der Waals surface area contributed by atoms with Crippen molar-refractivity contribution >= 4 is 46.9 Å². The summed E-state index contributed by atoms with van der Waals surface area (Å²) in [7, 11) is 2.11. The van der Waals surface area contributed by atoms with Gasteiger partial charge in [0.1, 0.15) is 0 Å². The average molecular weight is 458 g/mol. The molecule has 7 heteroatoms. The number of thioether (sulfide) groups is 1. The van der Waals surface area contributed by atoms with E-state index in [1.54, 1.807) is 18.2 Å². The Morgan fingerprint density at radius 3 is 2.77 bits per heavy atom.